The van der Waals surface area contributed by atoms with E-state index in [-0.39, 0.29) is 0 Å². The number of aromatic nitrogens is 4. The van der Waals surface area contributed by atoms with E-state index in [4.69, 9.17) is 0 Å². The molecule has 1 aromatic heterocycles. The van der Waals surface area contributed by atoms with Crippen LogP contribution in [0.25, 0.3) is 5.69 Å². The molecule has 0 aliphatic rings. The predicted octanol–water partition coefficient (Wildman–Crippen LogP) is 2.84. The Hall–Kier alpha value is -2.69. The van der Waals surface area contributed by atoms with Crippen molar-refractivity contribution in [2.75, 3.05) is 5.32 Å². The first kappa shape index (κ1) is 13.3. The summed E-state index contributed by atoms with van der Waals surface area (Å²) in [5, 5.41) is 15.2. The van der Waals surface area contributed by atoms with Crippen molar-refractivity contribution < 1.29 is 0 Å². The van der Waals surface area contributed by atoms with Gasteiger partial charge in [-0.1, -0.05) is 37.3 Å². The molecule has 1 heterocycles. The van der Waals surface area contributed by atoms with Gasteiger partial charge in [-0.25, -0.2) is 0 Å². The largest absolute Gasteiger partial charge is 0.378 e. The van der Waals surface area contributed by atoms with E-state index < -0.39 is 0 Å². The molecule has 0 radical (unpaired) electrons. The minimum Gasteiger partial charge on any atom is -0.378 e. The average molecular weight is 279 g/mol. The van der Waals surface area contributed by atoms with Crippen LogP contribution in [-0.2, 0) is 13.0 Å². The fourth-order valence-electron chi connectivity index (χ4n) is 2.13. The molecule has 3 aromatic rings. The Labute approximate surface area is 123 Å². The summed E-state index contributed by atoms with van der Waals surface area (Å²) in [6.07, 6.45) is 1.05. The van der Waals surface area contributed by atoms with Gasteiger partial charge in [-0.3, -0.25) is 0 Å². The summed E-state index contributed by atoms with van der Waals surface area (Å²) in [7, 11) is 0. The number of anilines is 1. The first-order chi connectivity index (χ1) is 10.4. The summed E-state index contributed by atoms with van der Waals surface area (Å²) in [5.41, 5.74) is 3.35. The van der Waals surface area contributed by atoms with Gasteiger partial charge >= 0.3 is 0 Å². The van der Waals surface area contributed by atoms with Crippen molar-refractivity contribution in [3.63, 3.8) is 0 Å². The predicted molar refractivity (Wildman–Crippen MR) is 82.3 cm³/mol. The van der Waals surface area contributed by atoms with Gasteiger partial charge in [0.25, 0.3) is 0 Å². The lowest BCUT2D eigenvalue weighted by Crippen LogP contribution is -2.08. The van der Waals surface area contributed by atoms with Crippen LogP contribution in [0, 0.1) is 0 Å². The maximum absolute atomic E-state index is 4.08. The molecule has 5 nitrogen and oxygen atoms in total. The van der Waals surface area contributed by atoms with E-state index in [1.165, 1.54) is 5.56 Å². The van der Waals surface area contributed by atoms with Crippen molar-refractivity contribution in [2.24, 2.45) is 0 Å². The Balaban J connectivity index is 1.72. The number of para-hydroxylation sites is 1. The number of tetrazole rings is 1. The molecule has 5 heteroatoms. The number of hydrogen-bond donors (Lipinski definition) is 1. The zero-order chi connectivity index (χ0) is 14.5. The molecular weight excluding hydrogens is 262 g/mol. The summed E-state index contributed by atoms with van der Waals surface area (Å²) in [5.74, 6) is 0.778. The third-order valence-electron chi connectivity index (χ3n) is 3.35. The molecule has 0 bridgehead atoms. The van der Waals surface area contributed by atoms with Gasteiger partial charge in [-0.05, 0) is 46.7 Å². The normalized spacial score (nSPS) is 10.5. The Morgan fingerprint density at radius 2 is 1.76 bits per heavy atom. The number of nitrogens with one attached hydrogen (secondary N) is 1. The van der Waals surface area contributed by atoms with Gasteiger partial charge in [-0.2, -0.15) is 4.68 Å². The first-order valence-electron chi connectivity index (χ1n) is 7.02. The third-order valence-corrected chi connectivity index (χ3v) is 3.35. The average Bonchev–Trinajstić information content (AvgIpc) is 3.03. The lowest BCUT2D eigenvalue weighted by molar-refractivity contribution is 0.768. The number of benzene rings is 2. The zero-order valence-electron chi connectivity index (χ0n) is 11.9. The molecule has 0 aliphatic heterocycles. The van der Waals surface area contributed by atoms with Crippen molar-refractivity contribution in [1.82, 2.24) is 20.2 Å². The topological polar surface area (TPSA) is 55.6 Å². The van der Waals surface area contributed by atoms with E-state index in [1.54, 1.807) is 4.68 Å². The number of hydrogen-bond acceptors (Lipinski definition) is 4. The van der Waals surface area contributed by atoms with Crippen LogP contribution in [0.2, 0.25) is 0 Å². The van der Waals surface area contributed by atoms with Crippen LogP contribution < -0.4 is 5.32 Å². The molecule has 0 unspecified atom stereocenters. The highest BCUT2D eigenvalue weighted by atomic mass is 15.5. The van der Waals surface area contributed by atoms with E-state index >= 15 is 0 Å². The van der Waals surface area contributed by atoms with Gasteiger partial charge in [0.1, 0.15) is 0 Å². The second-order valence-electron chi connectivity index (χ2n) is 4.75. The van der Waals surface area contributed by atoms with E-state index in [0.29, 0.717) is 6.54 Å². The minimum absolute atomic E-state index is 0.577. The van der Waals surface area contributed by atoms with Crippen LogP contribution in [0.3, 0.4) is 0 Å². The van der Waals surface area contributed by atoms with Gasteiger partial charge < -0.3 is 5.32 Å². The Bertz CT molecular complexity index is 688. The second kappa shape index (κ2) is 6.17. The summed E-state index contributed by atoms with van der Waals surface area (Å²) < 4.78 is 1.74. The van der Waals surface area contributed by atoms with E-state index in [1.807, 2.05) is 30.3 Å². The highest BCUT2D eigenvalue weighted by Crippen LogP contribution is 2.12. The number of rotatable bonds is 5. The molecule has 106 valence electrons. The molecule has 2 aromatic carbocycles. The van der Waals surface area contributed by atoms with Crippen molar-refractivity contribution in [3.8, 4) is 5.69 Å². The summed E-state index contributed by atoms with van der Waals surface area (Å²) in [4.78, 5) is 0. The summed E-state index contributed by atoms with van der Waals surface area (Å²) in [6, 6.07) is 18.3. The van der Waals surface area contributed by atoms with Crippen LogP contribution >= 0.6 is 0 Å². The molecular formula is C16H17N5. The molecule has 3 rings (SSSR count). The molecule has 0 atom stereocenters. The first-order valence-corrected chi connectivity index (χ1v) is 7.02. The molecule has 0 spiro atoms. The summed E-state index contributed by atoms with van der Waals surface area (Å²) in [6.45, 7) is 2.73. The lowest BCUT2D eigenvalue weighted by atomic mass is 10.1. The molecule has 0 saturated heterocycles. The van der Waals surface area contributed by atoms with Crippen molar-refractivity contribution >= 4 is 5.69 Å². The second-order valence-corrected chi connectivity index (χ2v) is 4.75. The van der Waals surface area contributed by atoms with Gasteiger partial charge in [0.2, 0.25) is 0 Å². The van der Waals surface area contributed by atoms with E-state index in [2.05, 4.69) is 52.0 Å². The molecule has 21 heavy (non-hydrogen) atoms. The fraction of sp³-hybridized carbons (Fsp3) is 0.188. The Morgan fingerprint density at radius 3 is 2.48 bits per heavy atom. The fourth-order valence-corrected chi connectivity index (χ4v) is 2.13. The number of aryl methyl sites for hydroxylation is 1. The third kappa shape index (κ3) is 3.08. The van der Waals surface area contributed by atoms with Crippen LogP contribution in [0.1, 0.15) is 18.3 Å². The molecule has 0 fully saturated rings. The standard InChI is InChI=1S/C16H17N5/c1-2-13-8-10-14(11-9-13)17-12-16-18-19-20-21(16)15-6-4-3-5-7-15/h3-11,17H,2,12H2,1H3. The Morgan fingerprint density at radius 1 is 1.00 bits per heavy atom. The van der Waals surface area contributed by atoms with Crippen molar-refractivity contribution in [2.45, 2.75) is 19.9 Å². The van der Waals surface area contributed by atoms with Crippen molar-refractivity contribution in [3.05, 3.63) is 66.0 Å². The van der Waals surface area contributed by atoms with Crippen LogP contribution in [0.5, 0.6) is 0 Å². The van der Waals surface area contributed by atoms with E-state index in [9.17, 15) is 0 Å². The van der Waals surface area contributed by atoms with Gasteiger partial charge in [0.15, 0.2) is 5.82 Å². The van der Waals surface area contributed by atoms with Crippen molar-refractivity contribution in [1.29, 1.82) is 0 Å². The molecule has 0 aliphatic carbocycles. The monoisotopic (exact) mass is 279 g/mol. The molecule has 1 N–H and O–H groups in total. The van der Waals surface area contributed by atoms with E-state index in [0.717, 1.165) is 23.6 Å². The zero-order valence-corrected chi connectivity index (χ0v) is 11.9. The van der Waals surface area contributed by atoms with Gasteiger partial charge in [-0.15, -0.1) is 5.10 Å². The Kier molecular flexibility index (Phi) is 3.91. The molecule has 0 amide bonds. The maximum Gasteiger partial charge on any atom is 0.175 e. The quantitative estimate of drug-likeness (QED) is 0.780. The highest BCUT2D eigenvalue weighted by Gasteiger charge is 2.07. The SMILES string of the molecule is CCc1ccc(NCc2nnnn2-c2ccccc2)cc1. The van der Waals surface area contributed by atoms with Crippen LogP contribution in [0.15, 0.2) is 54.6 Å². The molecule has 0 saturated carbocycles. The number of nitrogens with zero attached hydrogens (tertiary/aromatic N) is 4. The van der Waals surface area contributed by atoms with Crippen LogP contribution in [-0.4, -0.2) is 20.2 Å². The maximum atomic E-state index is 4.08. The highest BCUT2D eigenvalue weighted by molar-refractivity contribution is 5.44. The summed E-state index contributed by atoms with van der Waals surface area (Å²) >= 11 is 0. The van der Waals surface area contributed by atoms with Gasteiger partial charge in [0.05, 0.1) is 12.2 Å². The smallest absolute Gasteiger partial charge is 0.175 e. The van der Waals surface area contributed by atoms with Crippen LogP contribution in [0.4, 0.5) is 5.69 Å². The van der Waals surface area contributed by atoms with Gasteiger partial charge in [0, 0.05) is 5.69 Å². The lowest BCUT2D eigenvalue weighted by Gasteiger charge is -2.07. The minimum atomic E-state index is 0.577.